The molecule has 0 atom stereocenters. The van der Waals surface area contributed by atoms with Gasteiger partial charge in [0.1, 0.15) is 10.6 Å². The van der Waals surface area contributed by atoms with E-state index in [0.717, 1.165) is 21.4 Å². The smallest absolute Gasteiger partial charge is 0.283 e. The zero-order valence-electron chi connectivity index (χ0n) is 13.3. The molecule has 3 rings (SSSR count). The number of halogens is 2. The number of hydrazone groups is 1. The predicted octanol–water partition coefficient (Wildman–Crippen LogP) is 5.37. The van der Waals surface area contributed by atoms with E-state index >= 15 is 0 Å². The largest absolute Gasteiger partial charge is 0.494 e. The van der Waals surface area contributed by atoms with Crippen molar-refractivity contribution >= 4 is 56.7 Å². The van der Waals surface area contributed by atoms with E-state index in [2.05, 4.69) is 10.5 Å². The molecule has 1 N–H and O–H groups in total. The van der Waals surface area contributed by atoms with Crippen molar-refractivity contribution in [3.63, 3.8) is 0 Å². The Morgan fingerprint density at radius 3 is 2.72 bits per heavy atom. The SMILES string of the molecule is CCOc1ccc(/C=N/NC(=O)c2sc3cc(Cl)ccc3c2Cl)cc1. The molecular formula is C18H14Cl2N2O2S. The molecule has 3 aromatic rings. The van der Waals surface area contributed by atoms with Crippen molar-refractivity contribution in [1.82, 2.24) is 5.43 Å². The normalized spacial score (nSPS) is 11.2. The number of thiophene rings is 1. The van der Waals surface area contributed by atoms with E-state index in [1.165, 1.54) is 11.3 Å². The van der Waals surface area contributed by atoms with Gasteiger partial charge < -0.3 is 4.74 Å². The number of nitrogens with zero attached hydrogens (tertiary/aromatic N) is 1. The molecule has 1 amide bonds. The Kier molecular flexibility index (Phi) is 5.58. The van der Waals surface area contributed by atoms with Crippen molar-refractivity contribution < 1.29 is 9.53 Å². The van der Waals surface area contributed by atoms with E-state index in [1.54, 1.807) is 24.4 Å². The van der Waals surface area contributed by atoms with Crippen LogP contribution in [-0.4, -0.2) is 18.7 Å². The third-order valence-electron chi connectivity index (χ3n) is 3.37. The first-order valence-corrected chi connectivity index (χ1v) is 9.09. The molecule has 25 heavy (non-hydrogen) atoms. The van der Waals surface area contributed by atoms with Crippen LogP contribution in [0.1, 0.15) is 22.2 Å². The van der Waals surface area contributed by atoms with E-state index in [0.29, 0.717) is 21.5 Å². The fourth-order valence-electron chi connectivity index (χ4n) is 2.22. The lowest BCUT2D eigenvalue weighted by Crippen LogP contribution is -2.16. The zero-order chi connectivity index (χ0) is 17.8. The molecule has 7 heteroatoms. The lowest BCUT2D eigenvalue weighted by Gasteiger charge is -2.02. The van der Waals surface area contributed by atoms with Crippen LogP contribution in [0.15, 0.2) is 47.6 Å². The van der Waals surface area contributed by atoms with Crippen LogP contribution in [0, 0.1) is 0 Å². The quantitative estimate of drug-likeness (QED) is 0.468. The van der Waals surface area contributed by atoms with Crippen LogP contribution < -0.4 is 10.2 Å². The number of benzene rings is 2. The topological polar surface area (TPSA) is 50.7 Å². The molecule has 0 aliphatic heterocycles. The third kappa shape index (κ3) is 4.12. The highest BCUT2D eigenvalue weighted by molar-refractivity contribution is 7.21. The van der Waals surface area contributed by atoms with Gasteiger partial charge in [-0.05, 0) is 48.9 Å². The summed E-state index contributed by atoms with van der Waals surface area (Å²) in [5.41, 5.74) is 3.34. The van der Waals surface area contributed by atoms with Gasteiger partial charge in [0.2, 0.25) is 0 Å². The number of nitrogens with one attached hydrogen (secondary N) is 1. The van der Waals surface area contributed by atoms with Crippen molar-refractivity contribution in [3.8, 4) is 5.75 Å². The van der Waals surface area contributed by atoms with Crippen molar-refractivity contribution in [1.29, 1.82) is 0 Å². The molecule has 0 unspecified atom stereocenters. The predicted molar refractivity (Wildman–Crippen MR) is 105 cm³/mol. The van der Waals surface area contributed by atoms with Crippen molar-refractivity contribution in [3.05, 3.63) is 63.0 Å². The van der Waals surface area contributed by atoms with E-state index in [-0.39, 0.29) is 5.91 Å². The van der Waals surface area contributed by atoms with Gasteiger partial charge in [0, 0.05) is 15.1 Å². The monoisotopic (exact) mass is 392 g/mol. The average Bonchev–Trinajstić information content (AvgIpc) is 2.93. The Labute approximate surface area is 159 Å². The van der Waals surface area contributed by atoms with Crippen LogP contribution in [0.5, 0.6) is 5.75 Å². The molecule has 0 saturated heterocycles. The second-order valence-corrected chi connectivity index (χ2v) is 6.95. The highest BCUT2D eigenvalue weighted by Crippen LogP contribution is 2.36. The van der Waals surface area contributed by atoms with Crippen molar-refractivity contribution in [2.75, 3.05) is 6.61 Å². The van der Waals surface area contributed by atoms with Gasteiger partial charge in [-0.3, -0.25) is 4.79 Å². The molecule has 2 aromatic carbocycles. The van der Waals surface area contributed by atoms with E-state index in [1.807, 2.05) is 31.2 Å². The zero-order valence-corrected chi connectivity index (χ0v) is 15.6. The number of hydrogen-bond acceptors (Lipinski definition) is 4. The second kappa shape index (κ2) is 7.87. The van der Waals surface area contributed by atoms with Gasteiger partial charge in [-0.15, -0.1) is 11.3 Å². The molecule has 4 nitrogen and oxygen atoms in total. The van der Waals surface area contributed by atoms with Gasteiger partial charge in [-0.2, -0.15) is 5.10 Å². The standard InChI is InChI=1S/C18H14Cl2N2O2S/c1-2-24-13-6-3-11(4-7-13)10-21-22-18(23)17-16(20)14-8-5-12(19)9-15(14)25-17/h3-10H,2H2,1H3,(H,22,23)/b21-10+. The summed E-state index contributed by atoms with van der Waals surface area (Å²) >= 11 is 13.5. The number of rotatable bonds is 5. The van der Waals surface area contributed by atoms with Crippen molar-refractivity contribution in [2.24, 2.45) is 5.10 Å². The van der Waals surface area contributed by atoms with E-state index in [9.17, 15) is 4.79 Å². The number of ether oxygens (including phenoxy) is 1. The molecule has 1 heterocycles. The second-order valence-electron chi connectivity index (χ2n) is 5.09. The van der Waals surface area contributed by atoms with Crippen LogP contribution in [0.3, 0.4) is 0 Å². The van der Waals surface area contributed by atoms with Crippen LogP contribution in [-0.2, 0) is 0 Å². The number of carbonyl (C=O) groups is 1. The Balaban J connectivity index is 1.71. The summed E-state index contributed by atoms with van der Waals surface area (Å²) in [7, 11) is 0. The molecule has 0 saturated carbocycles. The van der Waals surface area contributed by atoms with E-state index in [4.69, 9.17) is 27.9 Å². The van der Waals surface area contributed by atoms with Gasteiger partial charge in [-0.25, -0.2) is 5.43 Å². The molecule has 0 bridgehead atoms. The van der Waals surface area contributed by atoms with Gasteiger partial charge in [0.25, 0.3) is 5.91 Å². The minimum atomic E-state index is -0.357. The summed E-state index contributed by atoms with van der Waals surface area (Å²) in [6.07, 6.45) is 1.56. The van der Waals surface area contributed by atoms with Crippen LogP contribution >= 0.6 is 34.5 Å². The molecule has 0 aliphatic carbocycles. The molecule has 1 aromatic heterocycles. The highest BCUT2D eigenvalue weighted by Gasteiger charge is 2.16. The molecular weight excluding hydrogens is 379 g/mol. The summed E-state index contributed by atoms with van der Waals surface area (Å²) in [4.78, 5) is 12.7. The minimum absolute atomic E-state index is 0.357. The van der Waals surface area contributed by atoms with Gasteiger partial charge in [0.05, 0.1) is 17.8 Å². The first kappa shape index (κ1) is 17.7. The molecule has 0 aliphatic rings. The summed E-state index contributed by atoms with van der Waals surface area (Å²) in [6.45, 7) is 2.54. The number of fused-ring (bicyclic) bond motifs is 1. The lowest BCUT2D eigenvalue weighted by atomic mass is 10.2. The maximum atomic E-state index is 12.3. The summed E-state index contributed by atoms with van der Waals surface area (Å²) in [6, 6.07) is 12.7. The Bertz CT molecular complexity index is 936. The third-order valence-corrected chi connectivity index (χ3v) is 5.26. The highest BCUT2D eigenvalue weighted by atomic mass is 35.5. The number of carbonyl (C=O) groups excluding carboxylic acids is 1. The number of amides is 1. The average molecular weight is 393 g/mol. The van der Waals surface area contributed by atoms with Crippen LogP contribution in [0.4, 0.5) is 0 Å². The van der Waals surface area contributed by atoms with Gasteiger partial charge in [0.15, 0.2) is 0 Å². The minimum Gasteiger partial charge on any atom is -0.494 e. The Hall–Kier alpha value is -2.08. The van der Waals surface area contributed by atoms with Gasteiger partial charge in [-0.1, -0.05) is 29.3 Å². The maximum Gasteiger partial charge on any atom is 0.283 e. The molecule has 128 valence electrons. The lowest BCUT2D eigenvalue weighted by molar-refractivity contribution is 0.0959. The summed E-state index contributed by atoms with van der Waals surface area (Å²) in [5.74, 6) is 0.434. The van der Waals surface area contributed by atoms with E-state index < -0.39 is 0 Å². The Morgan fingerprint density at radius 1 is 1.24 bits per heavy atom. The molecule has 0 spiro atoms. The maximum absolute atomic E-state index is 12.3. The van der Waals surface area contributed by atoms with Gasteiger partial charge >= 0.3 is 0 Å². The number of hydrogen-bond donors (Lipinski definition) is 1. The first-order chi connectivity index (χ1) is 12.1. The fourth-order valence-corrected chi connectivity index (χ4v) is 3.90. The fraction of sp³-hybridized carbons (Fsp3) is 0.111. The molecule has 0 fully saturated rings. The summed E-state index contributed by atoms with van der Waals surface area (Å²) < 4.78 is 6.23. The van der Waals surface area contributed by atoms with Crippen molar-refractivity contribution in [2.45, 2.75) is 6.92 Å². The van der Waals surface area contributed by atoms with Crippen LogP contribution in [0.2, 0.25) is 10.0 Å². The van der Waals surface area contributed by atoms with Crippen LogP contribution in [0.25, 0.3) is 10.1 Å². The first-order valence-electron chi connectivity index (χ1n) is 7.52. The summed E-state index contributed by atoms with van der Waals surface area (Å²) in [5, 5.41) is 5.79. The molecule has 0 radical (unpaired) electrons. The Morgan fingerprint density at radius 2 is 2.00 bits per heavy atom.